The lowest BCUT2D eigenvalue weighted by atomic mass is 10.1. The van der Waals surface area contributed by atoms with Crippen LogP contribution in [0.25, 0.3) is 0 Å². The molecule has 2 rings (SSSR count). The lowest BCUT2D eigenvalue weighted by Crippen LogP contribution is -2.57. The second kappa shape index (κ2) is 8.63. The van der Waals surface area contributed by atoms with Crippen molar-refractivity contribution in [3.05, 3.63) is 35.9 Å². The number of hydrogen-bond donors (Lipinski definition) is 1. The molecular formula is C16H22N2O4. The minimum absolute atomic E-state index is 0.204. The fourth-order valence-electron chi connectivity index (χ4n) is 2.49. The Kier molecular flexibility index (Phi) is 6.51. The van der Waals surface area contributed by atoms with Crippen LogP contribution in [0.5, 0.6) is 0 Å². The molecule has 2 atom stereocenters. The van der Waals surface area contributed by atoms with Gasteiger partial charge in [-0.1, -0.05) is 30.3 Å². The SMILES string of the molecule is CNC(C=O)C(C(=O)OCc1ccccc1)N1CCOCC1. The number of rotatable bonds is 7. The van der Waals surface area contributed by atoms with Crippen molar-refractivity contribution in [3.8, 4) is 0 Å². The molecule has 0 saturated carbocycles. The number of nitrogens with zero attached hydrogens (tertiary/aromatic N) is 1. The van der Waals surface area contributed by atoms with E-state index in [1.54, 1.807) is 7.05 Å². The predicted molar refractivity (Wildman–Crippen MR) is 81.3 cm³/mol. The second-order valence-electron chi connectivity index (χ2n) is 5.14. The Morgan fingerprint density at radius 1 is 1.36 bits per heavy atom. The molecule has 1 aliphatic heterocycles. The number of likely N-dealkylation sites (N-methyl/N-ethyl adjacent to an activating group) is 1. The first kappa shape index (κ1) is 16.6. The highest BCUT2D eigenvalue weighted by atomic mass is 16.5. The topological polar surface area (TPSA) is 67.9 Å². The molecule has 1 aromatic carbocycles. The number of hydrogen-bond acceptors (Lipinski definition) is 6. The number of morpholine rings is 1. The van der Waals surface area contributed by atoms with Gasteiger partial charge in [-0.2, -0.15) is 0 Å². The predicted octanol–water partition coefficient (Wildman–Crippen LogP) is 0.217. The van der Waals surface area contributed by atoms with Crippen molar-refractivity contribution in [1.82, 2.24) is 10.2 Å². The first-order valence-corrected chi connectivity index (χ1v) is 7.41. The van der Waals surface area contributed by atoms with Crippen LogP contribution in [-0.4, -0.2) is 62.6 Å². The van der Waals surface area contributed by atoms with E-state index in [9.17, 15) is 9.59 Å². The van der Waals surface area contributed by atoms with Crippen molar-refractivity contribution >= 4 is 12.3 Å². The van der Waals surface area contributed by atoms with E-state index in [0.717, 1.165) is 11.8 Å². The molecule has 1 aliphatic rings. The maximum absolute atomic E-state index is 12.5. The summed E-state index contributed by atoms with van der Waals surface area (Å²) in [5.74, 6) is -0.391. The van der Waals surface area contributed by atoms with E-state index in [4.69, 9.17) is 9.47 Å². The molecule has 0 aromatic heterocycles. The smallest absolute Gasteiger partial charge is 0.325 e. The van der Waals surface area contributed by atoms with Crippen LogP contribution in [0.1, 0.15) is 5.56 Å². The molecule has 0 aliphatic carbocycles. The number of carbonyl (C=O) groups is 2. The van der Waals surface area contributed by atoms with Crippen molar-refractivity contribution in [2.75, 3.05) is 33.4 Å². The summed E-state index contributed by atoms with van der Waals surface area (Å²) < 4.78 is 10.7. The van der Waals surface area contributed by atoms with Gasteiger partial charge in [0.1, 0.15) is 18.9 Å². The summed E-state index contributed by atoms with van der Waals surface area (Å²) in [4.78, 5) is 25.7. The number of carbonyl (C=O) groups excluding carboxylic acids is 2. The Morgan fingerprint density at radius 3 is 2.64 bits per heavy atom. The van der Waals surface area contributed by atoms with Gasteiger partial charge in [0, 0.05) is 13.1 Å². The second-order valence-corrected chi connectivity index (χ2v) is 5.14. The summed E-state index contributed by atoms with van der Waals surface area (Å²) in [5.41, 5.74) is 0.920. The summed E-state index contributed by atoms with van der Waals surface area (Å²) in [6.07, 6.45) is 0.754. The molecule has 2 unspecified atom stereocenters. The zero-order chi connectivity index (χ0) is 15.8. The van der Waals surface area contributed by atoms with Gasteiger partial charge in [0.2, 0.25) is 0 Å². The van der Waals surface area contributed by atoms with Gasteiger partial charge in [-0.3, -0.25) is 9.69 Å². The number of esters is 1. The van der Waals surface area contributed by atoms with Gasteiger partial charge in [-0.25, -0.2) is 0 Å². The van der Waals surface area contributed by atoms with Crippen molar-refractivity contribution in [1.29, 1.82) is 0 Å². The van der Waals surface area contributed by atoms with E-state index in [2.05, 4.69) is 5.32 Å². The van der Waals surface area contributed by atoms with E-state index in [1.807, 2.05) is 35.2 Å². The maximum atomic E-state index is 12.5. The highest BCUT2D eigenvalue weighted by Crippen LogP contribution is 2.11. The van der Waals surface area contributed by atoms with Gasteiger partial charge in [0.25, 0.3) is 0 Å². The first-order chi connectivity index (χ1) is 10.8. The fraction of sp³-hybridized carbons (Fsp3) is 0.500. The van der Waals surface area contributed by atoms with Crippen molar-refractivity contribution in [2.24, 2.45) is 0 Å². The third-order valence-electron chi connectivity index (χ3n) is 3.72. The molecule has 0 bridgehead atoms. The van der Waals surface area contributed by atoms with Crippen LogP contribution in [-0.2, 0) is 25.7 Å². The summed E-state index contributed by atoms with van der Waals surface area (Å²) in [6, 6.07) is 8.26. The van der Waals surface area contributed by atoms with Crippen LogP contribution in [0.15, 0.2) is 30.3 Å². The molecule has 0 amide bonds. The molecule has 6 heteroatoms. The Morgan fingerprint density at radius 2 is 2.05 bits per heavy atom. The van der Waals surface area contributed by atoms with Crippen LogP contribution >= 0.6 is 0 Å². The van der Waals surface area contributed by atoms with Crippen LogP contribution in [0.4, 0.5) is 0 Å². The van der Waals surface area contributed by atoms with Crippen molar-refractivity contribution in [3.63, 3.8) is 0 Å². The van der Waals surface area contributed by atoms with Gasteiger partial charge in [0.15, 0.2) is 0 Å². The summed E-state index contributed by atoms with van der Waals surface area (Å²) in [5, 5.41) is 2.88. The molecule has 1 fully saturated rings. The number of nitrogens with one attached hydrogen (secondary N) is 1. The summed E-state index contributed by atoms with van der Waals surface area (Å²) >= 11 is 0. The van der Waals surface area contributed by atoms with Crippen LogP contribution in [0.3, 0.4) is 0 Å². The molecule has 120 valence electrons. The Labute approximate surface area is 130 Å². The van der Waals surface area contributed by atoms with Gasteiger partial charge in [-0.15, -0.1) is 0 Å². The largest absolute Gasteiger partial charge is 0.460 e. The minimum atomic E-state index is -0.630. The lowest BCUT2D eigenvalue weighted by Gasteiger charge is -2.35. The zero-order valence-corrected chi connectivity index (χ0v) is 12.7. The molecule has 22 heavy (non-hydrogen) atoms. The number of aldehydes is 1. The van der Waals surface area contributed by atoms with Crippen LogP contribution < -0.4 is 5.32 Å². The molecule has 1 heterocycles. The Bertz CT molecular complexity index is 474. The van der Waals surface area contributed by atoms with E-state index in [1.165, 1.54) is 0 Å². The van der Waals surface area contributed by atoms with E-state index >= 15 is 0 Å². The lowest BCUT2D eigenvalue weighted by molar-refractivity contribution is -0.155. The average Bonchev–Trinajstić information content (AvgIpc) is 2.59. The van der Waals surface area contributed by atoms with E-state index < -0.39 is 18.1 Å². The zero-order valence-electron chi connectivity index (χ0n) is 12.7. The van der Waals surface area contributed by atoms with Gasteiger partial charge in [-0.05, 0) is 12.6 Å². The molecule has 1 aromatic rings. The normalized spacial score (nSPS) is 18.4. The van der Waals surface area contributed by atoms with E-state index in [0.29, 0.717) is 26.3 Å². The average molecular weight is 306 g/mol. The summed E-state index contributed by atoms with van der Waals surface area (Å²) in [7, 11) is 1.66. The first-order valence-electron chi connectivity index (χ1n) is 7.41. The Hall–Kier alpha value is -1.76. The van der Waals surface area contributed by atoms with Crippen molar-refractivity contribution in [2.45, 2.75) is 18.7 Å². The minimum Gasteiger partial charge on any atom is -0.460 e. The van der Waals surface area contributed by atoms with Crippen LogP contribution in [0.2, 0.25) is 0 Å². The standard InChI is InChI=1S/C16H22N2O4/c1-17-14(11-19)15(18-7-9-21-10-8-18)16(20)22-12-13-5-3-2-4-6-13/h2-6,11,14-15,17H,7-10,12H2,1H3. The van der Waals surface area contributed by atoms with E-state index in [-0.39, 0.29) is 6.61 Å². The Balaban J connectivity index is 2.02. The molecular weight excluding hydrogens is 284 g/mol. The van der Waals surface area contributed by atoms with Gasteiger partial charge < -0.3 is 19.6 Å². The highest BCUT2D eigenvalue weighted by Gasteiger charge is 2.35. The van der Waals surface area contributed by atoms with Gasteiger partial charge >= 0.3 is 5.97 Å². The highest BCUT2D eigenvalue weighted by molar-refractivity contribution is 5.82. The van der Waals surface area contributed by atoms with Crippen LogP contribution in [0, 0.1) is 0 Å². The number of ether oxygens (including phenoxy) is 2. The van der Waals surface area contributed by atoms with Crippen molar-refractivity contribution < 1.29 is 19.1 Å². The van der Waals surface area contributed by atoms with Gasteiger partial charge in [0.05, 0.1) is 19.3 Å². The monoisotopic (exact) mass is 306 g/mol. The molecule has 1 saturated heterocycles. The molecule has 1 N–H and O–H groups in total. The maximum Gasteiger partial charge on any atom is 0.325 e. The molecule has 0 radical (unpaired) electrons. The molecule has 6 nitrogen and oxygen atoms in total. The fourth-order valence-corrected chi connectivity index (χ4v) is 2.49. The summed E-state index contributed by atoms with van der Waals surface area (Å²) in [6.45, 7) is 2.53. The molecule has 0 spiro atoms. The number of benzene rings is 1. The third kappa shape index (κ3) is 4.37. The quantitative estimate of drug-likeness (QED) is 0.574. The third-order valence-corrected chi connectivity index (χ3v) is 3.72.